The van der Waals surface area contributed by atoms with Gasteiger partial charge >= 0.3 is 5.51 Å². The largest absolute Gasteiger partial charge is 0.446 e. The Morgan fingerprint density at radius 1 is 1.13 bits per heavy atom. The predicted molar refractivity (Wildman–Crippen MR) is 54.7 cm³/mol. The first kappa shape index (κ1) is 10.9. The second kappa shape index (κ2) is 4.08. The van der Waals surface area contributed by atoms with Gasteiger partial charge in [-0.05, 0) is 60.7 Å². The Morgan fingerprint density at radius 2 is 1.93 bits per heavy atom. The zero-order chi connectivity index (χ0) is 10.9. The van der Waals surface area contributed by atoms with Gasteiger partial charge in [-0.25, -0.2) is 0 Å². The van der Waals surface area contributed by atoms with Gasteiger partial charge in [0.25, 0.3) is 0 Å². The molecule has 0 heterocycles. The Kier molecular flexibility index (Phi) is 2.96. The highest BCUT2D eigenvalue weighted by Crippen LogP contribution is 2.38. The number of rotatable bonds is 1. The number of alkyl halides is 3. The van der Waals surface area contributed by atoms with Crippen LogP contribution in [0.1, 0.15) is 17.5 Å². The summed E-state index contributed by atoms with van der Waals surface area (Å²) < 4.78 is 36.4. The average molecular weight is 231 g/mol. The van der Waals surface area contributed by atoms with Gasteiger partial charge in [0.15, 0.2) is 0 Å². The van der Waals surface area contributed by atoms with E-state index in [-0.39, 0.29) is 16.7 Å². The van der Waals surface area contributed by atoms with Crippen molar-refractivity contribution < 1.29 is 13.2 Å². The topological polar surface area (TPSA) is 0 Å². The van der Waals surface area contributed by atoms with Gasteiger partial charge < -0.3 is 0 Å². The molecule has 0 atom stereocenters. The maximum absolute atomic E-state index is 12.1. The second-order valence-electron chi connectivity index (χ2n) is 3.51. The van der Waals surface area contributed by atoms with E-state index in [0.29, 0.717) is 0 Å². The molecule has 0 N–H and O–H groups in total. The van der Waals surface area contributed by atoms with Crippen molar-refractivity contribution in [1.82, 2.24) is 0 Å². The third-order valence-electron chi connectivity index (χ3n) is 2.39. The molecule has 1 aliphatic rings. The second-order valence-corrected chi connectivity index (χ2v) is 4.65. The molecule has 1 aromatic carbocycles. The van der Waals surface area contributed by atoms with E-state index in [0.717, 1.165) is 24.8 Å². The third kappa shape index (κ3) is 2.91. The summed E-state index contributed by atoms with van der Waals surface area (Å²) in [5.74, 6) is 0. The average Bonchev–Trinajstić information content (AvgIpc) is 2.15. The van der Waals surface area contributed by atoms with Gasteiger partial charge in [0.05, 0.1) is 0 Å². The molecule has 0 saturated carbocycles. The number of fused-ring (bicyclic) bond motifs is 1. The van der Waals surface area contributed by atoms with Gasteiger partial charge in [-0.3, -0.25) is 0 Å². The Labute approximate surface area is 90.9 Å². The van der Waals surface area contributed by atoms with E-state index in [4.69, 9.17) is 0 Å². The molecule has 0 fully saturated rings. The quantitative estimate of drug-likeness (QED) is 0.658. The Balaban J connectivity index is 2.21. The molecular formula is C11H10F3S. The van der Waals surface area contributed by atoms with Gasteiger partial charge in [0.2, 0.25) is 0 Å². The maximum Gasteiger partial charge on any atom is 0.446 e. The smallest absolute Gasteiger partial charge is 0.160 e. The normalized spacial score (nSPS) is 16.2. The van der Waals surface area contributed by atoms with Crippen molar-refractivity contribution in [3.05, 3.63) is 35.7 Å². The van der Waals surface area contributed by atoms with Crippen LogP contribution in [0.5, 0.6) is 0 Å². The van der Waals surface area contributed by atoms with Crippen LogP contribution >= 0.6 is 11.8 Å². The van der Waals surface area contributed by atoms with E-state index in [1.807, 2.05) is 6.07 Å². The number of hydrogen-bond acceptors (Lipinski definition) is 1. The van der Waals surface area contributed by atoms with Crippen LogP contribution in [0.25, 0.3) is 0 Å². The molecule has 4 heteroatoms. The van der Waals surface area contributed by atoms with Crippen LogP contribution in [0.2, 0.25) is 0 Å². The van der Waals surface area contributed by atoms with E-state index in [1.54, 1.807) is 12.1 Å². The Bertz CT molecular complexity index is 357. The molecule has 0 saturated heterocycles. The molecule has 81 valence electrons. The number of thioether (sulfide) groups is 1. The van der Waals surface area contributed by atoms with Gasteiger partial charge in [-0.15, -0.1) is 0 Å². The van der Waals surface area contributed by atoms with Crippen molar-refractivity contribution in [2.75, 3.05) is 0 Å². The Hall–Kier alpha value is -0.640. The first-order chi connectivity index (χ1) is 7.04. The number of benzene rings is 1. The molecule has 0 unspecified atom stereocenters. The maximum atomic E-state index is 12.1. The molecule has 0 amide bonds. The fourth-order valence-corrected chi connectivity index (χ4v) is 2.35. The predicted octanol–water partition coefficient (Wildman–Crippen LogP) is 3.99. The summed E-state index contributed by atoms with van der Waals surface area (Å²) in [7, 11) is 0. The lowest BCUT2D eigenvalue weighted by atomic mass is 9.92. The molecule has 1 radical (unpaired) electrons. The minimum absolute atomic E-state index is 0.0403. The molecule has 0 aliphatic heterocycles. The van der Waals surface area contributed by atoms with E-state index in [1.165, 1.54) is 5.56 Å². The lowest BCUT2D eigenvalue weighted by Crippen LogP contribution is -2.04. The van der Waals surface area contributed by atoms with Crippen LogP contribution in [-0.2, 0) is 12.8 Å². The monoisotopic (exact) mass is 231 g/mol. The van der Waals surface area contributed by atoms with Crippen molar-refractivity contribution in [3.8, 4) is 0 Å². The zero-order valence-electron chi connectivity index (χ0n) is 7.97. The molecule has 0 aromatic heterocycles. The fraction of sp³-hybridized carbons (Fsp3) is 0.364. The fourth-order valence-electron chi connectivity index (χ4n) is 1.75. The number of aryl methyl sites for hydroxylation is 1. The third-order valence-corrected chi connectivity index (χ3v) is 3.11. The number of hydrogen-bond donors (Lipinski definition) is 0. The molecule has 1 aliphatic carbocycles. The van der Waals surface area contributed by atoms with E-state index in [9.17, 15) is 13.2 Å². The molecule has 0 spiro atoms. The van der Waals surface area contributed by atoms with Gasteiger partial charge in [0, 0.05) is 4.90 Å². The van der Waals surface area contributed by atoms with E-state index in [2.05, 4.69) is 6.42 Å². The van der Waals surface area contributed by atoms with Gasteiger partial charge in [0.1, 0.15) is 0 Å². The lowest BCUT2D eigenvalue weighted by Gasteiger charge is -2.16. The molecular weight excluding hydrogens is 221 g/mol. The number of halogens is 3. The summed E-state index contributed by atoms with van der Waals surface area (Å²) in [4.78, 5) is 0.288. The SMILES string of the molecule is FC(F)(F)Sc1ccc2c(c1)C[CH]CC2. The van der Waals surface area contributed by atoms with Crippen molar-refractivity contribution >= 4 is 11.8 Å². The molecule has 2 rings (SSSR count). The zero-order valence-corrected chi connectivity index (χ0v) is 8.79. The summed E-state index contributed by atoms with van der Waals surface area (Å²) in [6.07, 6.45) is 4.89. The Morgan fingerprint density at radius 3 is 2.67 bits per heavy atom. The minimum Gasteiger partial charge on any atom is -0.160 e. The van der Waals surface area contributed by atoms with Crippen LogP contribution in [-0.4, -0.2) is 5.51 Å². The molecule has 0 nitrogen and oxygen atoms in total. The first-order valence-corrected chi connectivity index (χ1v) is 5.55. The summed E-state index contributed by atoms with van der Waals surface area (Å²) in [5.41, 5.74) is -1.97. The van der Waals surface area contributed by atoms with Crippen LogP contribution in [0.4, 0.5) is 13.2 Å². The van der Waals surface area contributed by atoms with E-state index < -0.39 is 5.51 Å². The van der Waals surface area contributed by atoms with Crippen LogP contribution in [0, 0.1) is 6.42 Å². The highest BCUT2D eigenvalue weighted by atomic mass is 32.2. The first-order valence-electron chi connectivity index (χ1n) is 4.74. The van der Waals surface area contributed by atoms with Gasteiger partial charge in [-0.1, -0.05) is 6.07 Å². The van der Waals surface area contributed by atoms with Crippen molar-refractivity contribution in [2.45, 2.75) is 29.7 Å². The minimum atomic E-state index is -4.19. The van der Waals surface area contributed by atoms with Crippen molar-refractivity contribution in [3.63, 3.8) is 0 Å². The molecule has 0 bridgehead atoms. The van der Waals surface area contributed by atoms with E-state index >= 15 is 0 Å². The standard InChI is InChI=1S/C11H10F3S/c12-11(13,14)15-10-6-5-8-3-1-2-4-9(8)7-10/h2,5-7H,1,3-4H2. The lowest BCUT2D eigenvalue weighted by molar-refractivity contribution is -0.0328. The van der Waals surface area contributed by atoms with Crippen molar-refractivity contribution in [2.24, 2.45) is 0 Å². The highest BCUT2D eigenvalue weighted by molar-refractivity contribution is 8.00. The summed E-state index contributed by atoms with van der Waals surface area (Å²) >= 11 is -0.0403. The summed E-state index contributed by atoms with van der Waals surface area (Å²) in [6.45, 7) is 0. The van der Waals surface area contributed by atoms with Crippen molar-refractivity contribution in [1.29, 1.82) is 0 Å². The van der Waals surface area contributed by atoms with Gasteiger partial charge in [-0.2, -0.15) is 13.2 Å². The highest BCUT2D eigenvalue weighted by Gasteiger charge is 2.29. The van der Waals surface area contributed by atoms with Crippen LogP contribution < -0.4 is 0 Å². The van der Waals surface area contributed by atoms with Crippen LogP contribution in [0.15, 0.2) is 23.1 Å². The molecule has 1 aromatic rings. The van der Waals surface area contributed by atoms with Crippen LogP contribution in [0.3, 0.4) is 0 Å². The molecule has 15 heavy (non-hydrogen) atoms. The summed E-state index contributed by atoms with van der Waals surface area (Å²) in [5, 5.41) is 0. The summed E-state index contributed by atoms with van der Waals surface area (Å²) in [6, 6.07) is 5.03.